The van der Waals surface area contributed by atoms with Crippen LogP contribution in [0.2, 0.25) is 58.9 Å². The highest BCUT2D eigenvalue weighted by Gasteiger charge is 2.56. The van der Waals surface area contributed by atoms with Gasteiger partial charge in [-0.15, -0.1) is 0 Å². The second-order valence-electron chi connectivity index (χ2n) is 8.53. The van der Waals surface area contributed by atoms with Crippen LogP contribution in [0.3, 0.4) is 0 Å². The molecule has 0 bridgehead atoms. The first-order valence-electron chi connectivity index (χ1n) is 7.93. The van der Waals surface area contributed by atoms with E-state index in [0.717, 1.165) is 6.08 Å². The van der Waals surface area contributed by atoms with E-state index in [1.165, 1.54) is 0 Å². The molecule has 0 aliphatic rings. The van der Waals surface area contributed by atoms with Crippen LogP contribution in [0.4, 0.5) is 0 Å². The van der Waals surface area contributed by atoms with Crippen molar-refractivity contribution in [2.24, 2.45) is 0 Å². The Kier molecular flexibility index (Phi) is 7.88. The van der Waals surface area contributed by atoms with Crippen LogP contribution in [0.1, 0.15) is 6.92 Å². The molecule has 0 radical (unpaired) electrons. The Labute approximate surface area is 146 Å². The van der Waals surface area contributed by atoms with Crippen molar-refractivity contribution in [1.29, 1.82) is 0 Å². The Morgan fingerprint density at radius 1 is 0.826 bits per heavy atom. The molecule has 1 atom stereocenters. The average molecular weight is 395 g/mol. The van der Waals surface area contributed by atoms with Crippen molar-refractivity contribution in [3.8, 4) is 0 Å². The number of ether oxygens (including phenoxy) is 1. The fraction of sp³-hybridized carbons (Fsp3) is 0.786. The van der Waals surface area contributed by atoms with Crippen LogP contribution in [-0.4, -0.2) is 45.5 Å². The van der Waals surface area contributed by atoms with Gasteiger partial charge in [-0.2, -0.15) is 0 Å². The Morgan fingerprint density at radius 3 is 1.35 bits per heavy atom. The van der Waals surface area contributed by atoms with Crippen molar-refractivity contribution < 1.29 is 21.9 Å². The van der Waals surface area contributed by atoms with E-state index in [0.29, 0.717) is 0 Å². The summed E-state index contributed by atoms with van der Waals surface area (Å²) in [5.41, 5.74) is -0.557. The normalized spacial score (nSPS) is 15.2. The first-order chi connectivity index (χ1) is 10.00. The Bertz CT molecular complexity index is 380. The van der Waals surface area contributed by atoms with E-state index in [1.54, 1.807) is 0 Å². The molecule has 0 rings (SSSR count). The SMILES string of the molecule is C=CC(=O)OC(C)[Si](O[Si](C)(C)C)(O[Si](C)(C)C)O[Si](C)(C)C. The van der Waals surface area contributed by atoms with Crippen molar-refractivity contribution in [3.63, 3.8) is 0 Å². The predicted molar refractivity (Wildman–Crippen MR) is 105 cm³/mol. The number of hydrogen-bond acceptors (Lipinski definition) is 5. The maximum Gasteiger partial charge on any atom is 0.512 e. The summed E-state index contributed by atoms with van der Waals surface area (Å²) in [6.45, 7) is 24.1. The van der Waals surface area contributed by atoms with E-state index in [1.807, 2.05) is 6.92 Å². The minimum atomic E-state index is -3.19. The molecule has 0 aliphatic carbocycles. The van der Waals surface area contributed by atoms with Crippen molar-refractivity contribution in [1.82, 2.24) is 0 Å². The molecular formula is C14H34O5Si4. The summed E-state index contributed by atoms with van der Waals surface area (Å²) in [4.78, 5) is 11.7. The largest absolute Gasteiger partial charge is 0.512 e. The van der Waals surface area contributed by atoms with Gasteiger partial charge in [-0.3, -0.25) is 0 Å². The molecule has 0 saturated heterocycles. The Balaban J connectivity index is 5.89. The molecule has 0 aromatic rings. The lowest BCUT2D eigenvalue weighted by Crippen LogP contribution is -2.67. The molecule has 0 N–H and O–H groups in total. The lowest BCUT2D eigenvalue weighted by molar-refractivity contribution is -0.140. The van der Waals surface area contributed by atoms with Gasteiger partial charge in [0, 0.05) is 6.08 Å². The fourth-order valence-electron chi connectivity index (χ4n) is 1.89. The van der Waals surface area contributed by atoms with Gasteiger partial charge in [0.1, 0.15) is 0 Å². The highest BCUT2D eigenvalue weighted by molar-refractivity contribution is 6.90. The predicted octanol–water partition coefficient (Wildman–Crippen LogP) is 4.14. The van der Waals surface area contributed by atoms with E-state index in [9.17, 15) is 4.79 Å². The highest BCUT2D eigenvalue weighted by atomic mass is 28.5. The second kappa shape index (κ2) is 7.89. The van der Waals surface area contributed by atoms with Gasteiger partial charge in [-0.1, -0.05) is 6.58 Å². The summed E-state index contributed by atoms with van der Waals surface area (Å²) in [5.74, 6) is -0.480. The van der Waals surface area contributed by atoms with E-state index >= 15 is 0 Å². The number of carbonyl (C=O) groups is 1. The van der Waals surface area contributed by atoms with Gasteiger partial charge in [0.15, 0.2) is 30.7 Å². The lowest BCUT2D eigenvalue weighted by Gasteiger charge is -2.44. The zero-order valence-electron chi connectivity index (χ0n) is 16.4. The standard InChI is InChI=1S/C14H34O5Si4/c1-12-14(15)16-13(2)23(17-20(3,4)5,18-21(6,7)8)19-22(9,10)11/h12-13H,1H2,2-11H3. The van der Waals surface area contributed by atoms with Crippen LogP contribution in [0.15, 0.2) is 12.7 Å². The van der Waals surface area contributed by atoms with Gasteiger partial charge in [-0.05, 0) is 65.8 Å². The first-order valence-corrected chi connectivity index (χ1v) is 20.0. The van der Waals surface area contributed by atoms with E-state index < -0.39 is 45.5 Å². The minimum Gasteiger partial charge on any atom is -0.455 e. The molecule has 1 unspecified atom stereocenters. The van der Waals surface area contributed by atoms with Gasteiger partial charge in [0.25, 0.3) is 0 Å². The molecule has 0 aliphatic heterocycles. The molecule has 136 valence electrons. The van der Waals surface area contributed by atoms with Gasteiger partial charge < -0.3 is 17.1 Å². The van der Waals surface area contributed by atoms with Crippen LogP contribution < -0.4 is 0 Å². The van der Waals surface area contributed by atoms with Crippen LogP contribution >= 0.6 is 0 Å². The zero-order valence-corrected chi connectivity index (χ0v) is 20.4. The molecule has 5 nitrogen and oxygen atoms in total. The zero-order chi connectivity index (χ0) is 18.7. The summed E-state index contributed by atoms with van der Waals surface area (Å²) >= 11 is 0. The number of carbonyl (C=O) groups excluding carboxylic acids is 1. The van der Waals surface area contributed by atoms with Gasteiger partial charge in [-0.25, -0.2) is 4.79 Å². The molecule has 23 heavy (non-hydrogen) atoms. The highest BCUT2D eigenvalue weighted by Crippen LogP contribution is 2.29. The van der Waals surface area contributed by atoms with E-state index in [4.69, 9.17) is 17.1 Å². The Morgan fingerprint density at radius 2 is 1.13 bits per heavy atom. The summed E-state index contributed by atoms with van der Waals surface area (Å²) in [5, 5.41) is 0. The summed E-state index contributed by atoms with van der Waals surface area (Å²) in [6, 6.07) is 0. The molecular weight excluding hydrogens is 360 g/mol. The molecule has 0 fully saturated rings. The third-order valence-electron chi connectivity index (χ3n) is 2.30. The van der Waals surface area contributed by atoms with Crippen LogP contribution in [0.25, 0.3) is 0 Å². The number of esters is 1. The van der Waals surface area contributed by atoms with Crippen molar-refractivity contribution in [2.75, 3.05) is 0 Å². The summed E-state index contributed by atoms with van der Waals surface area (Å²) in [6.07, 6.45) is 1.16. The van der Waals surface area contributed by atoms with Crippen molar-refractivity contribution >= 4 is 39.7 Å². The van der Waals surface area contributed by atoms with Gasteiger partial charge >= 0.3 is 14.8 Å². The average Bonchev–Trinajstić information content (AvgIpc) is 2.20. The topological polar surface area (TPSA) is 54.0 Å². The maximum atomic E-state index is 11.7. The maximum absolute atomic E-state index is 11.7. The third kappa shape index (κ3) is 9.75. The third-order valence-corrected chi connectivity index (χ3v) is 14.2. The molecule has 0 heterocycles. The number of hydrogen-bond donors (Lipinski definition) is 0. The fourth-order valence-corrected chi connectivity index (χ4v) is 16.0. The van der Waals surface area contributed by atoms with E-state index in [2.05, 4.69) is 65.5 Å². The van der Waals surface area contributed by atoms with Gasteiger partial charge in [0.2, 0.25) is 0 Å². The molecule has 9 heteroatoms. The second-order valence-corrected chi connectivity index (χ2v) is 25.7. The van der Waals surface area contributed by atoms with Crippen LogP contribution in [0, 0.1) is 0 Å². The van der Waals surface area contributed by atoms with Crippen molar-refractivity contribution in [3.05, 3.63) is 12.7 Å². The molecule has 0 saturated carbocycles. The number of rotatable bonds is 9. The monoisotopic (exact) mass is 394 g/mol. The molecule has 0 aromatic heterocycles. The van der Waals surface area contributed by atoms with Crippen LogP contribution in [0.5, 0.6) is 0 Å². The van der Waals surface area contributed by atoms with E-state index in [-0.39, 0.29) is 0 Å². The molecule has 0 spiro atoms. The summed E-state index contributed by atoms with van der Waals surface area (Å²) < 4.78 is 24.9. The summed E-state index contributed by atoms with van der Waals surface area (Å²) in [7, 11) is -9.12. The molecule has 0 amide bonds. The Hall–Kier alpha value is -0.0425. The smallest absolute Gasteiger partial charge is 0.455 e. The first kappa shape index (κ1) is 23.0. The molecule has 0 aromatic carbocycles. The quantitative estimate of drug-likeness (QED) is 0.334. The van der Waals surface area contributed by atoms with Crippen molar-refractivity contribution in [2.45, 2.75) is 71.6 Å². The lowest BCUT2D eigenvalue weighted by atomic mass is 10.6. The van der Waals surface area contributed by atoms with Gasteiger partial charge in [0.05, 0.1) is 0 Å². The minimum absolute atomic E-state index is 0.480. The van der Waals surface area contributed by atoms with Crippen LogP contribution in [-0.2, 0) is 21.9 Å².